The Labute approximate surface area is 158 Å². The lowest BCUT2D eigenvalue weighted by Crippen LogP contribution is -2.31. The zero-order chi connectivity index (χ0) is 19.3. The Morgan fingerprint density at radius 3 is 2.64 bits per heavy atom. The third-order valence-electron chi connectivity index (χ3n) is 5.35. The maximum atomic E-state index is 12.6. The van der Waals surface area contributed by atoms with E-state index in [1.807, 2.05) is 18.2 Å². The molecule has 9 heteroatoms. The van der Waals surface area contributed by atoms with Gasteiger partial charge in [-0.1, -0.05) is 30.3 Å². The molecule has 0 spiro atoms. The molecule has 4 aromatic rings. The normalized spacial score (nSPS) is 19.0. The molecule has 9 nitrogen and oxygen atoms in total. The van der Waals surface area contributed by atoms with E-state index in [2.05, 4.69) is 27.2 Å². The lowest BCUT2D eigenvalue weighted by Gasteiger charge is -2.34. The van der Waals surface area contributed by atoms with Gasteiger partial charge in [0.1, 0.15) is 12.9 Å². The molecule has 1 saturated carbocycles. The van der Waals surface area contributed by atoms with Crippen LogP contribution in [-0.4, -0.2) is 28.9 Å². The molecule has 0 atom stereocenters. The summed E-state index contributed by atoms with van der Waals surface area (Å²) in [6, 6.07) is 10.3. The molecule has 3 aromatic heterocycles. The van der Waals surface area contributed by atoms with Crippen LogP contribution >= 0.6 is 0 Å². The fourth-order valence-electron chi connectivity index (χ4n) is 3.74. The Bertz CT molecular complexity index is 1260. The van der Waals surface area contributed by atoms with E-state index in [-0.39, 0.29) is 24.0 Å². The zero-order valence-electron chi connectivity index (χ0n) is 15.2. The topological polar surface area (TPSA) is 101 Å². The molecule has 28 heavy (non-hydrogen) atoms. The highest BCUT2D eigenvalue weighted by molar-refractivity contribution is 5.68. The Hall–Kier alpha value is -3.49. The van der Waals surface area contributed by atoms with E-state index in [9.17, 15) is 9.59 Å². The summed E-state index contributed by atoms with van der Waals surface area (Å²) in [6.07, 6.45) is 4.63. The maximum Gasteiger partial charge on any atom is 0.437 e. The van der Waals surface area contributed by atoms with Crippen LogP contribution in [0.25, 0.3) is 11.2 Å². The first-order chi connectivity index (χ1) is 13.6. The molecule has 0 N–H and O–H groups in total. The van der Waals surface area contributed by atoms with Crippen molar-refractivity contribution in [3.8, 4) is 0 Å². The van der Waals surface area contributed by atoms with Gasteiger partial charge in [-0.25, -0.2) is 14.8 Å². The standard InChI is InChI=1S/C19H18N6O3/c1-23-10-20-17-16(23)18(26)24(11-21-17)9-15-22-25(19(27)28-15)14-7-13(8-14)12-5-3-2-4-6-12/h2-6,10-11,13-14H,7-9H2,1H3/t13-,14-. The van der Waals surface area contributed by atoms with Crippen LogP contribution in [0.1, 0.15) is 36.3 Å². The number of aromatic nitrogens is 6. The van der Waals surface area contributed by atoms with Crippen molar-refractivity contribution in [2.75, 3.05) is 0 Å². The summed E-state index contributed by atoms with van der Waals surface area (Å²) in [5.41, 5.74) is 1.80. The van der Waals surface area contributed by atoms with Crippen LogP contribution in [0.5, 0.6) is 0 Å². The van der Waals surface area contributed by atoms with Crippen LogP contribution < -0.4 is 11.3 Å². The number of hydrogen-bond donors (Lipinski definition) is 0. The van der Waals surface area contributed by atoms with Crippen molar-refractivity contribution in [3.05, 3.63) is 75.3 Å². The van der Waals surface area contributed by atoms with E-state index in [0.29, 0.717) is 17.1 Å². The number of imidazole rings is 1. The summed E-state index contributed by atoms with van der Waals surface area (Å²) >= 11 is 0. The van der Waals surface area contributed by atoms with Crippen LogP contribution in [0.2, 0.25) is 0 Å². The molecule has 1 aromatic carbocycles. The van der Waals surface area contributed by atoms with Gasteiger partial charge in [0, 0.05) is 7.05 Å². The minimum Gasteiger partial charge on any atom is -0.390 e. The van der Waals surface area contributed by atoms with Gasteiger partial charge in [0.05, 0.1) is 12.4 Å². The van der Waals surface area contributed by atoms with Crippen LogP contribution in [0.15, 0.2) is 57.0 Å². The SMILES string of the molecule is Cn1cnc2ncn(Cc3nn([C@H]4C[C@H](c5ccccc5)C4)c(=O)o3)c(=O)c21. The largest absolute Gasteiger partial charge is 0.437 e. The quantitative estimate of drug-likeness (QED) is 0.533. The second-order valence-corrected chi connectivity index (χ2v) is 7.14. The molecule has 1 fully saturated rings. The van der Waals surface area contributed by atoms with E-state index >= 15 is 0 Å². The average Bonchev–Trinajstić information content (AvgIpc) is 3.21. The van der Waals surface area contributed by atoms with Gasteiger partial charge in [-0.3, -0.25) is 9.36 Å². The second-order valence-electron chi connectivity index (χ2n) is 7.14. The van der Waals surface area contributed by atoms with Crippen LogP contribution in [0.4, 0.5) is 0 Å². The van der Waals surface area contributed by atoms with Gasteiger partial charge in [-0.2, -0.15) is 4.68 Å². The highest BCUT2D eigenvalue weighted by Gasteiger charge is 2.34. The third-order valence-corrected chi connectivity index (χ3v) is 5.35. The number of hydrogen-bond acceptors (Lipinski definition) is 6. The monoisotopic (exact) mass is 378 g/mol. The van der Waals surface area contributed by atoms with Gasteiger partial charge in [-0.15, -0.1) is 5.10 Å². The fourth-order valence-corrected chi connectivity index (χ4v) is 3.74. The van der Waals surface area contributed by atoms with Gasteiger partial charge in [-0.05, 0) is 24.3 Å². The van der Waals surface area contributed by atoms with Gasteiger partial charge < -0.3 is 8.98 Å². The molecule has 1 aliphatic carbocycles. The Kier molecular flexibility index (Phi) is 3.75. The van der Waals surface area contributed by atoms with Gasteiger partial charge >= 0.3 is 5.76 Å². The first kappa shape index (κ1) is 16.7. The van der Waals surface area contributed by atoms with E-state index in [0.717, 1.165) is 12.8 Å². The number of fused-ring (bicyclic) bond motifs is 1. The minimum atomic E-state index is -0.492. The Balaban J connectivity index is 1.36. The minimum absolute atomic E-state index is 0.0182. The molecule has 142 valence electrons. The van der Waals surface area contributed by atoms with Crippen molar-refractivity contribution < 1.29 is 4.42 Å². The molecular weight excluding hydrogens is 360 g/mol. The van der Waals surface area contributed by atoms with Crippen LogP contribution in [0.3, 0.4) is 0 Å². The molecule has 3 heterocycles. The maximum absolute atomic E-state index is 12.6. The van der Waals surface area contributed by atoms with Crippen molar-refractivity contribution in [2.45, 2.75) is 31.3 Å². The van der Waals surface area contributed by atoms with Gasteiger partial charge in [0.2, 0.25) is 5.89 Å². The number of rotatable bonds is 4. The number of nitrogens with zero attached hydrogens (tertiary/aromatic N) is 6. The van der Waals surface area contributed by atoms with Crippen molar-refractivity contribution >= 4 is 11.2 Å². The van der Waals surface area contributed by atoms with Crippen LogP contribution in [0, 0.1) is 0 Å². The fraction of sp³-hybridized carbons (Fsp3) is 0.316. The first-order valence-electron chi connectivity index (χ1n) is 9.10. The predicted octanol–water partition coefficient (Wildman–Crippen LogP) is 1.45. The van der Waals surface area contributed by atoms with Crippen molar-refractivity contribution in [1.82, 2.24) is 28.9 Å². The Morgan fingerprint density at radius 1 is 1.11 bits per heavy atom. The van der Waals surface area contributed by atoms with Crippen LogP contribution in [-0.2, 0) is 13.6 Å². The summed E-state index contributed by atoms with van der Waals surface area (Å²) in [5, 5.41) is 4.31. The summed E-state index contributed by atoms with van der Waals surface area (Å²) in [5.74, 6) is 0.130. The molecule has 1 aliphatic rings. The molecule has 0 radical (unpaired) electrons. The van der Waals surface area contributed by atoms with E-state index < -0.39 is 5.76 Å². The van der Waals surface area contributed by atoms with Gasteiger partial charge in [0.25, 0.3) is 5.56 Å². The lowest BCUT2D eigenvalue weighted by molar-refractivity contribution is 0.233. The molecule has 0 bridgehead atoms. The number of aryl methyl sites for hydroxylation is 1. The third kappa shape index (κ3) is 2.67. The highest BCUT2D eigenvalue weighted by atomic mass is 16.4. The molecule has 5 rings (SSSR count). The summed E-state index contributed by atoms with van der Waals surface area (Å²) in [6.45, 7) is 0.0457. The smallest absolute Gasteiger partial charge is 0.390 e. The predicted molar refractivity (Wildman–Crippen MR) is 100 cm³/mol. The Morgan fingerprint density at radius 2 is 1.86 bits per heavy atom. The zero-order valence-corrected chi connectivity index (χ0v) is 15.2. The molecular formula is C19H18N6O3. The van der Waals surface area contributed by atoms with E-state index in [4.69, 9.17) is 4.42 Å². The van der Waals surface area contributed by atoms with Crippen molar-refractivity contribution in [2.24, 2.45) is 7.05 Å². The molecule has 0 saturated heterocycles. The average molecular weight is 378 g/mol. The summed E-state index contributed by atoms with van der Waals surface area (Å²) in [4.78, 5) is 33.1. The van der Waals surface area contributed by atoms with Gasteiger partial charge in [0.15, 0.2) is 11.2 Å². The van der Waals surface area contributed by atoms with E-state index in [1.54, 1.807) is 11.6 Å². The second kappa shape index (κ2) is 6.29. The summed E-state index contributed by atoms with van der Waals surface area (Å²) in [7, 11) is 1.73. The van der Waals surface area contributed by atoms with E-state index in [1.165, 1.54) is 27.5 Å². The van der Waals surface area contributed by atoms with Crippen molar-refractivity contribution in [1.29, 1.82) is 0 Å². The molecule has 0 unspecified atom stereocenters. The molecule has 0 amide bonds. The lowest BCUT2D eigenvalue weighted by atomic mass is 9.76. The highest BCUT2D eigenvalue weighted by Crippen LogP contribution is 2.43. The first-order valence-corrected chi connectivity index (χ1v) is 9.10. The molecule has 0 aliphatic heterocycles. The summed E-state index contributed by atoms with van der Waals surface area (Å²) < 4.78 is 9.67. The van der Waals surface area contributed by atoms with Crippen molar-refractivity contribution in [3.63, 3.8) is 0 Å². The number of benzene rings is 1.